The lowest BCUT2D eigenvalue weighted by atomic mass is 10.0. The maximum absolute atomic E-state index is 6.25. The first kappa shape index (κ1) is 15.4. The fraction of sp³-hybridized carbons (Fsp3) is 0.471. The van der Waals surface area contributed by atoms with E-state index in [4.69, 9.17) is 20.2 Å². The van der Waals surface area contributed by atoms with Crippen molar-refractivity contribution >= 4 is 16.6 Å². The zero-order valence-electron chi connectivity index (χ0n) is 13.3. The molecule has 4 nitrogen and oxygen atoms in total. The van der Waals surface area contributed by atoms with E-state index in [1.165, 1.54) is 0 Å². The highest BCUT2D eigenvalue weighted by atomic mass is 16.5. The van der Waals surface area contributed by atoms with E-state index < -0.39 is 0 Å². The van der Waals surface area contributed by atoms with E-state index >= 15 is 0 Å². The molecular weight excluding hydrogens is 264 g/mol. The average molecular weight is 288 g/mol. The summed E-state index contributed by atoms with van der Waals surface area (Å²) in [7, 11) is 0. The molecule has 0 saturated carbocycles. The van der Waals surface area contributed by atoms with Crippen molar-refractivity contribution < 1.29 is 9.47 Å². The third kappa shape index (κ3) is 3.38. The van der Waals surface area contributed by atoms with Crippen LogP contribution in [0.25, 0.3) is 10.9 Å². The molecule has 2 rings (SSSR count). The molecule has 0 radical (unpaired) electrons. The molecule has 21 heavy (non-hydrogen) atoms. The van der Waals surface area contributed by atoms with Gasteiger partial charge in [-0.3, -0.25) is 0 Å². The summed E-state index contributed by atoms with van der Waals surface area (Å²) in [6.45, 7) is 9.45. The van der Waals surface area contributed by atoms with E-state index in [9.17, 15) is 0 Å². The Bertz CT molecular complexity index is 624. The topological polar surface area (TPSA) is 57.4 Å². The summed E-state index contributed by atoms with van der Waals surface area (Å²) in [5.41, 5.74) is 8.73. The van der Waals surface area contributed by atoms with E-state index in [0.717, 1.165) is 34.5 Å². The minimum Gasteiger partial charge on any atom is -0.493 e. The fourth-order valence-electron chi connectivity index (χ4n) is 2.44. The van der Waals surface area contributed by atoms with Gasteiger partial charge >= 0.3 is 0 Å². The molecule has 4 heteroatoms. The van der Waals surface area contributed by atoms with Crippen molar-refractivity contribution in [1.82, 2.24) is 4.98 Å². The van der Waals surface area contributed by atoms with Gasteiger partial charge in [0.2, 0.25) is 0 Å². The first-order valence-corrected chi connectivity index (χ1v) is 7.54. The van der Waals surface area contributed by atoms with E-state index in [0.29, 0.717) is 24.8 Å². The number of nitrogens with two attached hydrogens (primary N) is 1. The Morgan fingerprint density at radius 3 is 2.33 bits per heavy atom. The second kappa shape index (κ2) is 6.66. The van der Waals surface area contributed by atoms with Gasteiger partial charge in [0, 0.05) is 11.4 Å². The highest BCUT2D eigenvalue weighted by Gasteiger charge is 2.14. The van der Waals surface area contributed by atoms with Crippen LogP contribution in [0.2, 0.25) is 0 Å². The number of anilines is 1. The van der Waals surface area contributed by atoms with E-state index in [-0.39, 0.29) is 0 Å². The van der Waals surface area contributed by atoms with Crippen molar-refractivity contribution in [2.45, 2.75) is 34.1 Å². The molecule has 0 aliphatic heterocycles. The van der Waals surface area contributed by atoms with Crippen LogP contribution >= 0.6 is 0 Å². The molecule has 1 heterocycles. The maximum atomic E-state index is 6.25. The number of hydrogen-bond donors (Lipinski definition) is 1. The maximum Gasteiger partial charge on any atom is 0.145 e. The van der Waals surface area contributed by atoms with Gasteiger partial charge < -0.3 is 15.2 Å². The largest absolute Gasteiger partial charge is 0.493 e. The SMILES string of the molecule is CCOc1ccc(OCC)c2c(N)cc(CC(C)C)nc12. The number of aromatic nitrogens is 1. The quantitative estimate of drug-likeness (QED) is 0.878. The average Bonchev–Trinajstić information content (AvgIpc) is 2.41. The molecule has 1 aromatic carbocycles. The molecule has 0 atom stereocenters. The first-order valence-electron chi connectivity index (χ1n) is 7.54. The molecule has 0 saturated heterocycles. The predicted molar refractivity (Wildman–Crippen MR) is 87.0 cm³/mol. The molecule has 0 unspecified atom stereocenters. The Hall–Kier alpha value is -1.97. The number of hydrogen-bond acceptors (Lipinski definition) is 4. The number of rotatable bonds is 6. The second-order valence-electron chi connectivity index (χ2n) is 5.45. The number of fused-ring (bicyclic) bond motifs is 1. The third-order valence-corrected chi connectivity index (χ3v) is 3.19. The minimum atomic E-state index is 0.528. The zero-order valence-corrected chi connectivity index (χ0v) is 13.3. The van der Waals surface area contributed by atoms with Crippen molar-refractivity contribution in [3.05, 3.63) is 23.9 Å². The van der Waals surface area contributed by atoms with Crippen LogP contribution in [-0.4, -0.2) is 18.2 Å². The summed E-state index contributed by atoms with van der Waals surface area (Å²) >= 11 is 0. The monoisotopic (exact) mass is 288 g/mol. The van der Waals surface area contributed by atoms with E-state index in [1.807, 2.05) is 32.0 Å². The molecule has 0 amide bonds. The summed E-state index contributed by atoms with van der Waals surface area (Å²) < 4.78 is 11.4. The molecule has 0 fully saturated rings. The zero-order chi connectivity index (χ0) is 15.4. The molecule has 114 valence electrons. The third-order valence-electron chi connectivity index (χ3n) is 3.19. The number of benzene rings is 1. The van der Waals surface area contributed by atoms with Crippen LogP contribution in [-0.2, 0) is 6.42 Å². The van der Waals surface area contributed by atoms with Gasteiger partial charge in [-0.15, -0.1) is 0 Å². The molecule has 2 aromatic rings. The predicted octanol–water partition coefficient (Wildman–Crippen LogP) is 3.81. The Morgan fingerprint density at radius 2 is 1.71 bits per heavy atom. The fourth-order valence-corrected chi connectivity index (χ4v) is 2.44. The molecule has 2 N–H and O–H groups in total. The van der Waals surface area contributed by atoms with E-state index in [1.54, 1.807) is 0 Å². The van der Waals surface area contributed by atoms with Gasteiger partial charge in [-0.25, -0.2) is 4.98 Å². The standard InChI is InChI=1S/C17H24N2O2/c1-5-20-14-7-8-15(21-6-2)17-16(14)13(18)10-12(19-17)9-11(3)4/h7-8,10-11H,5-6,9H2,1-4H3,(H2,18,19). The van der Waals surface area contributed by atoms with Crippen LogP contribution in [0.15, 0.2) is 18.2 Å². The van der Waals surface area contributed by atoms with Crippen molar-refractivity contribution in [3.63, 3.8) is 0 Å². The summed E-state index contributed by atoms with van der Waals surface area (Å²) in [5.74, 6) is 2.05. The highest BCUT2D eigenvalue weighted by Crippen LogP contribution is 2.36. The van der Waals surface area contributed by atoms with Crippen molar-refractivity contribution in [3.8, 4) is 11.5 Å². The molecule has 0 spiro atoms. The van der Waals surface area contributed by atoms with Crippen LogP contribution < -0.4 is 15.2 Å². The van der Waals surface area contributed by atoms with Crippen LogP contribution in [0.5, 0.6) is 11.5 Å². The molecular formula is C17H24N2O2. The van der Waals surface area contributed by atoms with Crippen LogP contribution in [0.1, 0.15) is 33.4 Å². The number of nitrogens with zero attached hydrogens (tertiary/aromatic N) is 1. The minimum absolute atomic E-state index is 0.528. The Labute approximate surface area is 126 Å². The summed E-state index contributed by atoms with van der Waals surface area (Å²) in [4.78, 5) is 4.75. The lowest BCUT2D eigenvalue weighted by molar-refractivity contribution is 0.336. The summed E-state index contributed by atoms with van der Waals surface area (Å²) in [5, 5.41) is 0.843. The summed E-state index contributed by atoms with van der Waals surface area (Å²) in [6.07, 6.45) is 0.893. The van der Waals surface area contributed by atoms with Gasteiger partial charge in [0.25, 0.3) is 0 Å². The normalized spacial score (nSPS) is 11.1. The molecule has 0 aliphatic carbocycles. The van der Waals surface area contributed by atoms with Gasteiger partial charge in [0.05, 0.1) is 18.6 Å². The van der Waals surface area contributed by atoms with Crippen LogP contribution in [0.3, 0.4) is 0 Å². The smallest absolute Gasteiger partial charge is 0.145 e. The van der Waals surface area contributed by atoms with Gasteiger partial charge in [0.1, 0.15) is 17.0 Å². The Kier molecular flexibility index (Phi) is 4.89. The van der Waals surface area contributed by atoms with E-state index in [2.05, 4.69) is 13.8 Å². The molecule has 0 bridgehead atoms. The van der Waals surface area contributed by atoms with Gasteiger partial charge in [-0.2, -0.15) is 0 Å². The Morgan fingerprint density at radius 1 is 1.10 bits per heavy atom. The number of pyridine rings is 1. The highest BCUT2D eigenvalue weighted by molar-refractivity contribution is 5.99. The lowest BCUT2D eigenvalue weighted by Gasteiger charge is -2.15. The number of ether oxygens (including phenoxy) is 2. The van der Waals surface area contributed by atoms with Crippen LogP contribution in [0, 0.1) is 5.92 Å². The van der Waals surface area contributed by atoms with Gasteiger partial charge in [-0.1, -0.05) is 13.8 Å². The number of nitrogen functional groups attached to an aromatic ring is 1. The first-order chi connectivity index (χ1) is 10.1. The van der Waals surface area contributed by atoms with Crippen molar-refractivity contribution in [1.29, 1.82) is 0 Å². The Balaban J connectivity index is 2.64. The molecule has 0 aliphatic rings. The van der Waals surface area contributed by atoms with Gasteiger partial charge in [0.15, 0.2) is 0 Å². The van der Waals surface area contributed by atoms with Crippen molar-refractivity contribution in [2.75, 3.05) is 18.9 Å². The van der Waals surface area contributed by atoms with Gasteiger partial charge in [-0.05, 0) is 44.4 Å². The van der Waals surface area contributed by atoms with Crippen molar-refractivity contribution in [2.24, 2.45) is 5.92 Å². The van der Waals surface area contributed by atoms with Crippen LogP contribution in [0.4, 0.5) is 5.69 Å². The molecule has 1 aromatic heterocycles. The summed E-state index contributed by atoms with van der Waals surface area (Å²) in [6, 6.07) is 5.75. The lowest BCUT2D eigenvalue weighted by Crippen LogP contribution is -2.04. The second-order valence-corrected chi connectivity index (χ2v) is 5.45.